The monoisotopic (exact) mass is 498 g/mol. The van der Waals surface area contributed by atoms with Gasteiger partial charge in [0.25, 0.3) is 6.43 Å². The maximum atomic E-state index is 15.6. The molecule has 0 aromatic carbocycles. The van der Waals surface area contributed by atoms with Crippen molar-refractivity contribution in [1.29, 1.82) is 0 Å². The number of alkyl halides is 2. The predicted octanol–water partition coefficient (Wildman–Crippen LogP) is 0.742. The van der Waals surface area contributed by atoms with E-state index < -0.39 is 37.1 Å². The van der Waals surface area contributed by atoms with Crippen molar-refractivity contribution >= 4 is 23.8 Å². The molecule has 15 heteroatoms. The molecule has 190 valence electrons. The number of aliphatic hydroxyl groups excluding tert-OH is 1. The normalized spacial score (nSPS) is 20.4. The van der Waals surface area contributed by atoms with Crippen molar-refractivity contribution in [2.45, 2.75) is 18.4 Å². The van der Waals surface area contributed by atoms with E-state index in [2.05, 4.69) is 30.0 Å². The molecule has 0 bridgehead atoms. The van der Waals surface area contributed by atoms with E-state index in [-0.39, 0.29) is 48.5 Å². The molecule has 2 aromatic heterocycles. The van der Waals surface area contributed by atoms with Crippen LogP contribution in [0.2, 0.25) is 0 Å². The Morgan fingerprint density at radius 3 is 2.63 bits per heavy atom. The number of anilines is 3. The zero-order valence-corrected chi connectivity index (χ0v) is 18.7. The molecule has 12 nitrogen and oxygen atoms in total. The number of amides is 1. The van der Waals surface area contributed by atoms with Crippen molar-refractivity contribution < 1.29 is 32.5 Å². The van der Waals surface area contributed by atoms with Crippen LogP contribution in [0.4, 0.5) is 35.7 Å². The van der Waals surface area contributed by atoms with Gasteiger partial charge >= 0.3 is 6.09 Å². The van der Waals surface area contributed by atoms with E-state index in [0.717, 1.165) is 0 Å². The molecular formula is C20H25F3N8O4. The predicted molar refractivity (Wildman–Crippen MR) is 117 cm³/mol. The third kappa shape index (κ3) is 5.62. The SMILES string of the molecule is Nc1ncc(-c2nc(N3CCOCC3)nc(NC3(CO)CCN(C(=O)OCC(F)F)C3)c2F)cn1. The Labute approximate surface area is 198 Å². The summed E-state index contributed by atoms with van der Waals surface area (Å²) in [5, 5.41) is 13.1. The zero-order chi connectivity index (χ0) is 25.0. The number of morpholine rings is 1. The molecule has 35 heavy (non-hydrogen) atoms. The first-order valence-corrected chi connectivity index (χ1v) is 10.9. The summed E-state index contributed by atoms with van der Waals surface area (Å²) in [6, 6.07) is 0. The highest BCUT2D eigenvalue weighted by Crippen LogP contribution is 2.32. The quantitative estimate of drug-likeness (QED) is 0.496. The smallest absolute Gasteiger partial charge is 0.410 e. The first-order valence-electron chi connectivity index (χ1n) is 10.9. The number of carbonyl (C=O) groups is 1. The van der Waals surface area contributed by atoms with Crippen LogP contribution in [0.15, 0.2) is 12.4 Å². The van der Waals surface area contributed by atoms with Crippen molar-refractivity contribution in [2.24, 2.45) is 0 Å². The fraction of sp³-hybridized carbons (Fsp3) is 0.550. The van der Waals surface area contributed by atoms with E-state index in [1.165, 1.54) is 17.3 Å². The van der Waals surface area contributed by atoms with Gasteiger partial charge in [0.2, 0.25) is 11.9 Å². The lowest BCUT2D eigenvalue weighted by atomic mass is 10.00. The Kier molecular flexibility index (Phi) is 7.35. The third-order valence-corrected chi connectivity index (χ3v) is 5.71. The summed E-state index contributed by atoms with van der Waals surface area (Å²) in [6.07, 6.45) is -0.882. The van der Waals surface area contributed by atoms with Crippen LogP contribution < -0.4 is 16.0 Å². The molecule has 2 aliphatic rings. The number of halogens is 3. The van der Waals surface area contributed by atoms with Gasteiger partial charge in [-0.05, 0) is 6.42 Å². The molecule has 1 atom stereocenters. The van der Waals surface area contributed by atoms with Crippen molar-refractivity contribution in [3.63, 3.8) is 0 Å². The third-order valence-electron chi connectivity index (χ3n) is 5.71. The van der Waals surface area contributed by atoms with Gasteiger partial charge in [0.15, 0.2) is 18.2 Å². The molecule has 4 rings (SSSR count). The largest absolute Gasteiger partial charge is 0.443 e. The van der Waals surface area contributed by atoms with Gasteiger partial charge in [-0.25, -0.2) is 32.9 Å². The Bertz CT molecular complexity index is 1040. The number of likely N-dealkylation sites (tertiary alicyclic amines) is 1. The highest BCUT2D eigenvalue weighted by molar-refractivity contribution is 5.69. The van der Waals surface area contributed by atoms with Crippen LogP contribution >= 0.6 is 0 Å². The number of rotatable bonds is 7. The topological polar surface area (TPSA) is 152 Å². The van der Waals surface area contributed by atoms with Crippen molar-refractivity contribution in [3.05, 3.63) is 18.2 Å². The molecule has 2 aromatic rings. The van der Waals surface area contributed by atoms with Crippen LogP contribution in [0.5, 0.6) is 0 Å². The van der Waals surface area contributed by atoms with E-state index in [1.807, 2.05) is 4.90 Å². The highest BCUT2D eigenvalue weighted by Gasteiger charge is 2.41. The van der Waals surface area contributed by atoms with E-state index in [4.69, 9.17) is 10.5 Å². The number of nitrogens with zero attached hydrogens (tertiary/aromatic N) is 6. The molecule has 2 aliphatic heterocycles. The van der Waals surface area contributed by atoms with Crippen LogP contribution in [0.3, 0.4) is 0 Å². The lowest BCUT2D eigenvalue weighted by Crippen LogP contribution is -2.46. The standard InChI is InChI=1S/C20H25F3N8O4/c21-13(22)9-35-19(33)31-2-1-20(10-31,11-32)29-16-14(23)15(12-7-25-17(24)26-8-12)27-18(28-16)30-3-5-34-6-4-30/h7-8,13,32H,1-6,9-11H2,(H2,24,25,26)(H,27,28,29). The second kappa shape index (κ2) is 10.4. The highest BCUT2D eigenvalue weighted by atomic mass is 19.3. The molecular weight excluding hydrogens is 473 g/mol. The summed E-state index contributed by atoms with van der Waals surface area (Å²) in [7, 11) is 0. The molecule has 0 radical (unpaired) electrons. The fourth-order valence-electron chi connectivity index (χ4n) is 3.85. The number of aliphatic hydroxyl groups is 1. The van der Waals surface area contributed by atoms with Gasteiger partial charge in [-0.3, -0.25) is 0 Å². The van der Waals surface area contributed by atoms with Gasteiger partial charge in [-0.1, -0.05) is 0 Å². The van der Waals surface area contributed by atoms with Crippen LogP contribution in [-0.4, -0.2) is 101 Å². The minimum absolute atomic E-state index is 0.0129. The van der Waals surface area contributed by atoms with Gasteiger partial charge < -0.3 is 35.4 Å². The first-order chi connectivity index (χ1) is 16.8. The number of hydrogen-bond acceptors (Lipinski definition) is 11. The number of hydrogen-bond donors (Lipinski definition) is 3. The summed E-state index contributed by atoms with van der Waals surface area (Å²) in [4.78, 5) is 31.6. The number of aromatic nitrogens is 4. The van der Waals surface area contributed by atoms with Gasteiger partial charge in [0.1, 0.15) is 5.69 Å². The van der Waals surface area contributed by atoms with Gasteiger partial charge in [0, 0.05) is 44.1 Å². The molecule has 0 spiro atoms. The van der Waals surface area contributed by atoms with Crippen molar-refractivity contribution in [1.82, 2.24) is 24.8 Å². The van der Waals surface area contributed by atoms with Gasteiger partial charge in [0.05, 0.1) is 25.4 Å². The average Bonchev–Trinajstić information content (AvgIpc) is 3.29. The molecule has 2 fully saturated rings. The minimum atomic E-state index is -2.80. The van der Waals surface area contributed by atoms with E-state index in [9.17, 15) is 18.7 Å². The summed E-state index contributed by atoms with van der Waals surface area (Å²) in [6.45, 7) is 0.336. The Morgan fingerprint density at radius 1 is 1.26 bits per heavy atom. The summed E-state index contributed by atoms with van der Waals surface area (Å²) >= 11 is 0. The molecule has 0 saturated carbocycles. The van der Waals surface area contributed by atoms with Crippen LogP contribution in [0.1, 0.15) is 6.42 Å². The van der Waals surface area contributed by atoms with E-state index >= 15 is 4.39 Å². The number of nitrogen functional groups attached to an aromatic ring is 1. The summed E-state index contributed by atoms with van der Waals surface area (Å²) in [5.41, 5.74) is 4.54. The van der Waals surface area contributed by atoms with Crippen LogP contribution in [0, 0.1) is 5.82 Å². The lowest BCUT2D eigenvalue weighted by molar-refractivity contribution is 0.0339. The second-order valence-corrected chi connectivity index (χ2v) is 8.17. The maximum absolute atomic E-state index is 15.6. The minimum Gasteiger partial charge on any atom is -0.443 e. The van der Waals surface area contributed by atoms with Crippen molar-refractivity contribution in [2.75, 3.05) is 68.6 Å². The van der Waals surface area contributed by atoms with Crippen LogP contribution in [0.25, 0.3) is 11.3 Å². The maximum Gasteiger partial charge on any atom is 0.410 e. The molecule has 0 aliphatic carbocycles. The Morgan fingerprint density at radius 2 is 1.97 bits per heavy atom. The number of nitrogens with one attached hydrogen (secondary N) is 1. The molecule has 1 amide bonds. The number of nitrogens with two attached hydrogens (primary N) is 1. The number of ether oxygens (including phenoxy) is 2. The van der Waals surface area contributed by atoms with Gasteiger partial charge in [-0.15, -0.1) is 0 Å². The fourth-order valence-corrected chi connectivity index (χ4v) is 3.85. The van der Waals surface area contributed by atoms with Crippen molar-refractivity contribution in [3.8, 4) is 11.3 Å². The molecule has 4 heterocycles. The molecule has 1 unspecified atom stereocenters. The first kappa shape index (κ1) is 24.7. The molecule has 2 saturated heterocycles. The zero-order valence-electron chi connectivity index (χ0n) is 18.7. The van der Waals surface area contributed by atoms with E-state index in [0.29, 0.717) is 26.3 Å². The number of carbonyl (C=O) groups excluding carboxylic acids is 1. The molecule has 4 N–H and O–H groups in total. The van der Waals surface area contributed by atoms with Gasteiger partial charge in [-0.2, -0.15) is 4.98 Å². The van der Waals surface area contributed by atoms with E-state index in [1.54, 1.807) is 0 Å². The lowest BCUT2D eigenvalue weighted by Gasteiger charge is -2.31. The summed E-state index contributed by atoms with van der Waals surface area (Å²) in [5.74, 6) is -0.783. The average molecular weight is 498 g/mol. The Balaban J connectivity index is 1.64. The second-order valence-electron chi connectivity index (χ2n) is 8.17. The van der Waals surface area contributed by atoms with Crippen LogP contribution in [-0.2, 0) is 9.47 Å². The summed E-state index contributed by atoms with van der Waals surface area (Å²) < 4.78 is 50.4. The Hall–Kier alpha value is -3.46.